The predicted molar refractivity (Wildman–Crippen MR) is 64.4 cm³/mol. The van der Waals surface area contributed by atoms with Gasteiger partial charge in [-0.3, -0.25) is 4.79 Å². The summed E-state index contributed by atoms with van der Waals surface area (Å²) in [6, 6.07) is 9.67. The van der Waals surface area contributed by atoms with E-state index in [9.17, 15) is 4.79 Å². The van der Waals surface area contributed by atoms with Gasteiger partial charge in [-0.1, -0.05) is 30.3 Å². The van der Waals surface area contributed by atoms with Crippen molar-refractivity contribution < 1.29 is 4.79 Å². The molecule has 1 aromatic carbocycles. The first kappa shape index (κ1) is 10.7. The number of amides is 1. The molecule has 3 heteroatoms. The quantitative estimate of drug-likeness (QED) is 0.725. The van der Waals surface area contributed by atoms with Crippen LogP contribution >= 0.6 is 0 Å². The number of hydrogen-bond donors (Lipinski definition) is 1. The molecular weight excluding hydrogens is 200 g/mol. The number of hydrogen-bond acceptors (Lipinski definition) is 2. The minimum absolute atomic E-state index is 0.0626. The fraction of sp³-hybridized carbons (Fsp3) is 0.308. The maximum absolute atomic E-state index is 11.9. The topological polar surface area (TPSA) is 46.3 Å². The second kappa shape index (κ2) is 4.39. The summed E-state index contributed by atoms with van der Waals surface area (Å²) in [5, 5.41) is 0. The van der Waals surface area contributed by atoms with Gasteiger partial charge in [-0.2, -0.15) is 0 Å². The molecule has 0 spiro atoms. The standard InChI is InChI=1S/C13H16N2O/c1-15-9-5-8-11(13(15)16)12(14)10-6-3-2-4-7-10/h2-4,6-7H,5,8-9,14H2,1H3/b12-11-. The summed E-state index contributed by atoms with van der Waals surface area (Å²) >= 11 is 0. The van der Waals surface area contributed by atoms with Gasteiger partial charge in [0.15, 0.2) is 0 Å². The Morgan fingerprint density at radius 3 is 2.69 bits per heavy atom. The molecule has 1 heterocycles. The molecule has 1 saturated heterocycles. The van der Waals surface area contributed by atoms with Crippen molar-refractivity contribution >= 4 is 11.6 Å². The lowest BCUT2D eigenvalue weighted by atomic mass is 9.98. The van der Waals surface area contributed by atoms with Crippen molar-refractivity contribution in [3.05, 3.63) is 41.5 Å². The van der Waals surface area contributed by atoms with Crippen LogP contribution in [0.2, 0.25) is 0 Å². The van der Waals surface area contributed by atoms with Crippen molar-refractivity contribution in [3.8, 4) is 0 Å². The average Bonchev–Trinajstić information content (AvgIpc) is 2.33. The molecule has 16 heavy (non-hydrogen) atoms. The third-order valence-corrected chi connectivity index (χ3v) is 2.94. The van der Waals surface area contributed by atoms with E-state index in [0.717, 1.165) is 30.5 Å². The maximum Gasteiger partial charge on any atom is 0.251 e. The van der Waals surface area contributed by atoms with Crippen LogP contribution in [0, 0.1) is 0 Å². The summed E-state index contributed by atoms with van der Waals surface area (Å²) in [5.41, 5.74) is 8.36. The van der Waals surface area contributed by atoms with Gasteiger partial charge in [-0.25, -0.2) is 0 Å². The molecule has 84 valence electrons. The summed E-state index contributed by atoms with van der Waals surface area (Å²) in [6.45, 7) is 0.824. The van der Waals surface area contributed by atoms with E-state index in [0.29, 0.717) is 5.70 Å². The minimum atomic E-state index is 0.0626. The summed E-state index contributed by atoms with van der Waals surface area (Å²) in [7, 11) is 1.82. The monoisotopic (exact) mass is 216 g/mol. The molecule has 1 aliphatic rings. The Labute approximate surface area is 95.6 Å². The third kappa shape index (κ3) is 1.94. The Morgan fingerprint density at radius 2 is 2.00 bits per heavy atom. The molecule has 1 amide bonds. The highest BCUT2D eigenvalue weighted by Gasteiger charge is 2.22. The Bertz CT molecular complexity index is 423. The van der Waals surface area contributed by atoms with Crippen molar-refractivity contribution in [1.29, 1.82) is 0 Å². The van der Waals surface area contributed by atoms with Crippen molar-refractivity contribution in [2.45, 2.75) is 12.8 Å². The van der Waals surface area contributed by atoms with Gasteiger partial charge in [0, 0.05) is 24.9 Å². The van der Waals surface area contributed by atoms with Crippen LogP contribution in [0.25, 0.3) is 5.70 Å². The van der Waals surface area contributed by atoms with E-state index in [-0.39, 0.29) is 5.91 Å². The predicted octanol–water partition coefficient (Wildman–Crippen LogP) is 1.61. The lowest BCUT2D eigenvalue weighted by Gasteiger charge is -2.25. The van der Waals surface area contributed by atoms with Crippen molar-refractivity contribution in [3.63, 3.8) is 0 Å². The molecule has 1 fully saturated rings. The van der Waals surface area contributed by atoms with E-state index in [1.807, 2.05) is 37.4 Å². The molecule has 0 atom stereocenters. The van der Waals surface area contributed by atoms with Crippen LogP contribution in [-0.2, 0) is 4.79 Å². The fourth-order valence-corrected chi connectivity index (χ4v) is 1.97. The number of carbonyl (C=O) groups is 1. The van der Waals surface area contributed by atoms with Gasteiger partial charge in [0.2, 0.25) is 0 Å². The lowest BCUT2D eigenvalue weighted by molar-refractivity contribution is -0.127. The highest BCUT2D eigenvalue weighted by molar-refractivity contribution is 6.01. The van der Waals surface area contributed by atoms with Crippen LogP contribution in [0.15, 0.2) is 35.9 Å². The highest BCUT2D eigenvalue weighted by Crippen LogP contribution is 2.22. The normalized spacial score (nSPS) is 19.8. The van der Waals surface area contributed by atoms with E-state index >= 15 is 0 Å². The molecule has 2 N–H and O–H groups in total. The zero-order valence-corrected chi connectivity index (χ0v) is 9.44. The molecule has 1 aromatic rings. The smallest absolute Gasteiger partial charge is 0.251 e. The first-order valence-corrected chi connectivity index (χ1v) is 5.49. The Morgan fingerprint density at radius 1 is 1.31 bits per heavy atom. The molecule has 0 bridgehead atoms. The summed E-state index contributed by atoms with van der Waals surface area (Å²) in [4.78, 5) is 13.7. The Balaban J connectivity index is 2.37. The fourth-order valence-electron chi connectivity index (χ4n) is 1.97. The van der Waals surface area contributed by atoms with Crippen molar-refractivity contribution in [2.75, 3.05) is 13.6 Å². The van der Waals surface area contributed by atoms with Crippen LogP contribution in [0.1, 0.15) is 18.4 Å². The molecule has 1 aliphatic heterocycles. The third-order valence-electron chi connectivity index (χ3n) is 2.94. The van der Waals surface area contributed by atoms with Crippen LogP contribution in [0.3, 0.4) is 0 Å². The van der Waals surface area contributed by atoms with Gasteiger partial charge >= 0.3 is 0 Å². The number of rotatable bonds is 1. The number of likely N-dealkylation sites (tertiary alicyclic amines) is 1. The van der Waals surface area contributed by atoms with Crippen LogP contribution in [-0.4, -0.2) is 24.4 Å². The molecular formula is C13H16N2O. The number of nitrogens with zero attached hydrogens (tertiary/aromatic N) is 1. The first-order chi connectivity index (χ1) is 7.70. The molecule has 0 aliphatic carbocycles. The molecule has 0 unspecified atom stereocenters. The number of piperidine rings is 1. The molecule has 0 aromatic heterocycles. The summed E-state index contributed by atoms with van der Waals surface area (Å²) < 4.78 is 0. The summed E-state index contributed by atoms with van der Waals surface area (Å²) in [6.07, 6.45) is 1.77. The Kier molecular flexibility index (Phi) is 2.95. The SMILES string of the molecule is CN1CCC/C(=C(/N)c2ccccc2)C1=O. The second-order valence-corrected chi connectivity index (χ2v) is 4.09. The number of benzene rings is 1. The van der Waals surface area contributed by atoms with E-state index < -0.39 is 0 Å². The zero-order chi connectivity index (χ0) is 11.5. The van der Waals surface area contributed by atoms with E-state index in [1.165, 1.54) is 0 Å². The van der Waals surface area contributed by atoms with Gasteiger partial charge in [0.1, 0.15) is 0 Å². The van der Waals surface area contributed by atoms with E-state index in [2.05, 4.69) is 0 Å². The molecule has 3 nitrogen and oxygen atoms in total. The van der Waals surface area contributed by atoms with Gasteiger partial charge < -0.3 is 10.6 Å². The van der Waals surface area contributed by atoms with Gasteiger partial charge in [0.05, 0.1) is 0 Å². The minimum Gasteiger partial charge on any atom is -0.398 e. The van der Waals surface area contributed by atoms with Crippen molar-refractivity contribution in [1.82, 2.24) is 4.90 Å². The maximum atomic E-state index is 11.9. The van der Waals surface area contributed by atoms with Gasteiger partial charge in [0.25, 0.3) is 5.91 Å². The number of carbonyl (C=O) groups excluding carboxylic acids is 1. The van der Waals surface area contributed by atoms with Crippen LogP contribution in [0.5, 0.6) is 0 Å². The van der Waals surface area contributed by atoms with Gasteiger partial charge in [-0.05, 0) is 18.4 Å². The van der Waals surface area contributed by atoms with Gasteiger partial charge in [-0.15, -0.1) is 0 Å². The lowest BCUT2D eigenvalue weighted by Crippen LogP contribution is -2.34. The van der Waals surface area contributed by atoms with Crippen molar-refractivity contribution in [2.24, 2.45) is 5.73 Å². The second-order valence-electron chi connectivity index (χ2n) is 4.09. The largest absolute Gasteiger partial charge is 0.398 e. The first-order valence-electron chi connectivity index (χ1n) is 5.49. The highest BCUT2D eigenvalue weighted by atomic mass is 16.2. The Hall–Kier alpha value is -1.77. The van der Waals surface area contributed by atoms with Crippen LogP contribution < -0.4 is 5.73 Å². The molecule has 0 radical (unpaired) electrons. The molecule has 2 rings (SSSR count). The van der Waals surface area contributed by atoms with Crippen LogP contribution in [0.4, 0.5) is 0 Å². The summed E-state index contributed by atoms with van der Waals surface area (Å²) in [5.74, 6) is 0.0626. The average molecular weight is 216 g/mol. The van der Waals surface area contributed by atoms with E-state index in [1.54, 1.807) is 4.90 Å². The van der Waals surface area contributed by atoms with E-state index in [4.69, 9.17) is 5.73 Å². The number of nitrogens with two attached hydrogens (primary N) is 1. The zero-order valence-electron chi connectivity index (χ0n) is 9.44. The number of likely N-dealkylation sites (N-methyl/N-ethyl adjacent to an activating group) is 1. The molecule has 0 saturated carbocycles.